The number of hydrogen-bond donors (Lipinski definition) is 1. The van der Waals surface area contributed by atoms with Crippen LogP contribution in [0.1, 0.15) is 26.3 Å². The standard InChI is InChI=1S/C16H15I2N/c1-16(2,3)11-8-7-10-9-5-4-6-12(17)14(9)19-15(10)13(11)18/h4-8,19H,1-3H3. The van der Waals surface area contributed by atoms with Crippen molar-refractivity contribution in [2.75, 3.05) is 0 Å². The van der Waals surface area contributed by atoms with E-state index in [0.29, 0.717) is 0 Å². The van der Waals surface area contributed by atoms with E-state index < -0.39 is 0 Å². The third-order valence-corrected chi connectivity index (χ3v) is 5.52. The molecule has 19 heavy (non-hydrogen) atoms. The van der Waals surface area contributed by atoms with Gasteiger partial charge >= 0.3 is 0 Å². The van der Waals surface area contributed by atoms with Crippen molar-refractivity contribution < 1.29 is 0 Å². The van der Waals surface area contributed by atoms with Crippen LogP contribution in [0, 0.1) is 7.14 Å². The maximum atomic E-state index is 3.61. The summed E-state index contributed by atoms with van der Waals surface area (Å²) in [5.41, 5.74) is 4.10. The van der Waals surface area contributed by atoms with Gasteiger partial charge in [0, 0.05) is 17.9 Å². The fourth-order valence-corrected chi connectivity index (χ4v) is 4.55. The Kier molecular flexibility index (Phi) is 3.32. The minimum Gasteiger partial charge on any atom is -0.353 e. The van der Waals surface area contributed by atoms with Crippen LogP contribution in [0.2, 0.25) is 0 Å². The summed E-state index contributed by atoms with van der Waals surface area (Å²) in [5.74, 6) is 0. The molecule has 1 aromatic heterocycles. The molecule has 0 fully saturated rings. The number of para-hydroxylation sites is 1. The molecule has 0 saturated heterocycles. The average molecular weight is 475 g/mol. The SMILES string of the molecule is CC(C)(C)c1ccc2c([nH]c3c(I)cccc32)c1I. The lowest BCUT2D eigenvalue weighted by Gasteiger charge is -2.21. The molecule has 3 aromatic rings. The van der Waals surface area contributed by atoms with Gasteiger partial charge < -0.3 is 4.98 Å². The van der Waals surface area contributed by atoms with Crippen molar-refractivity contribution in [2.45, 2.75) is 26.2 Å². The Balaban J connectivity index is 2.45. The van der Waals surface area contributed by atoms with Gasteiger partial charge in [-0.3, -0.25) is 0 Å². The molecule has 0 aliphatic heterocycles. The van der Waals surface area contributed by atoms with Crippen LogP contribution in [-0.2, 0) is 5.41 Å². The van der Waals surface area contributed by atoms with Gasteiger partial charge in [-0.15, -0.1) is 0 Å². The molecule has 98 valence electrons. The summed E-state index contributed by atoms with van der Waals surface area (Å²) < 4.78 is 2.62. The number of fused-ring (bicyclic) bond motifs is 3. The fraction of sp³-hybridized carbons (Fsp3) is 0.250. The Hall–Kier alpha value is -0.300. The zero-order valence-electron chi connectivity index (χ0n) is 11.1. The number of aromatic amines is 1. The zero-order chi connectivity index (χ0) is 13.8. The Morgan fingerprint density at radius 1 is 0.895 bits per heavy atom. The Morgan fingerprint density at radius 3 is 2.26 bits per heavy atom. The first-order valence-corrected chi connectivity index (χ1v) is 8.44. The van der Waals surface area contributed by atoms with Crippen molar-refractivity contribution in [2.24, 2.45) is 0 Å². The van der Waals surface area contributed by atoms with Crippen molar-refractivity contribution in [1.29, 1.82) is 0 Å². The molecule has 1 nitrogen and oxygen atoms in total. The van der Waals surface area contributed by atoms with Crippen LogP contribution in [0.4, 0.5) is 0 Å². The highest BCUT2D eigenvalue weighted by molar-refractivity contribution is 14.1. The predicted octanol–water partition coefficient (Wildman–Crippen LogP) is 5.83. The molecule has 0 unspecified atom stereocenters. The van der Waals surface area contributed by atoms with Gasteiger partial charge in [0.15, 0.2) is 0 Å². The van der Waals surface area contributed by atoms with Crippen LogP contribution >= 0.6 is 45.2 Å². The molecule has 0 aliphatic carbocycles. The minimum absolute atomic E-state index is 0.176. The van der Waals surface area contributed by atoms with E-state index in [1.165, 1.54) is 34.5 Å². The first-order chi connectivity index (χ1) is 8.89. The second-order valence-electron chi connectivity index (χ2n) is 5.89. The molecule has 3 rings (SSSR count). The van der Waals surface area contributed by atoms with Crippen LogP contribution in [0.25, 0.3) is 21.8 Å². The third kappa shape index (κ3) is 2.18. The van der Waals surface area contributed by atoms with E-state index >= 15 is 0 Å². The van der Waals surface area contributed by atoms with E-state index in [1.807, 2.05) is 0 Å². The number of nitrogens with one attached hydrogen (secondary N) is 1. The third-order valence-electron chi connectivity index (χ3n) is 3.50. The lowest BCUT2D eigenvalue weighted by molar-refractivity contribution is 0.587. The molecular formula is C16H15I2N. The van der Waals surface area contributed by atoms with Crippen LogP contribution in [0.5, 0.6) is 0 Å². The maximum Gasteiger partial charge on any atom is 0.0603 e. The summed E-state index contributed by atoms with van der Waals surface area (Å²) in [7, 11) is 0. The number of hydrogen-bond acceptors (Lipinski definition) is 0. The molecule has 0 radical (unpaired) electrons. The van der Waals surface area contributed by atoms with Gasteiger partial charge in [-0.2, -0.15) is 0 Å². The molecule has 3 heteroatoms. The Labute approximate surface area is 140 Å². The molecule has 0 aliphatic rings. The lowest BCUT2D eigenvalue weighted by Crippen LogP contribution is -2.13. The van der Waals surface area contributed by atoms with Crippen LogP contribution in [-0.4, -0.2) is 4.98 Å². The predicted molar refractivity (Wildman–Crippen MR) is 99.9 cm³/mol. The van der Waals surface area contributed by atoms with Gasteiger partial charge in [-0.1, -0.05) is 45.0 Å². The highest BCUT2D eigenvalue weighted by Crippen LogP contribution is 2.36. The molecule has 1 N–H and O–H groups in total. The Morgan fingerprint density at radius 2 is 1.58 bits per heavy atom. The summed E-state index contributed by atoms with van der Waals surface area (Å²) in [5, 5.41) is 2.64. The first-order valence-electron chi connectivity index (χ1n) is 6.28. The van der Waals surface area contributed by atoms with E-state index in [2.05, 4.69) is 101 Å². The second kappa shape index (κ2) is 4.62. The summed E-state index contributed by atoms with van der Waals surface area (Å²) in [4.78, 5) is 3.61. The number of halogens is 2. The molecule has 2 aromatic carbocycles. The van der Waals surface area contributed by atoms with Crippen LogP contribution in [0.15, 0.2) is 30.3 Å². The first kappa shape index (κ1) is 13.7. The molecule has 0 saturated carbocycles. The summed E-state index contributed by atoms with van der Waals surface area (Å²) in [6.07, 6.45) is 0. The van der Waals surface area contributed by atoms with E-state index in [-0.39, 0.29) is 5.41 Å². The maximum absolute atomic E-state index is 3.61. The van der Waals surface area contributed by atoms with Crippen molar-refractivity contribution >= 4 is 67.0 Å². The van der Waals surface area contributed by atoms with Gasteiger partial charge in [0.2, 0.25) is 0 Å². The molecule has 0 amide bonds. The topological polar surface area (TPSA) is 15.8 Å². The molecular weight excluding hydrogens is 460 g/mol. The van der Waals surface area contributed by atoms with E-state index in [9.17, 15) is 0 Å². The van der Waals surface area contributed by atoms with E-state index in [0.717, 1.165) is 0 Å². The second-order valence-corrected chi connectivity index (χ2v) is 8.13. The van der Waals surface area contributed by atoms with Gasteiger partial charge in [-0.25, -0.2) is 0 Å². The normalized spacial score (nSPS) is 12.5. The van der Waals surface area contributed by atoms with Crippen molar-refractivity contribution in [1.82, 2.24) is 4.98 Å². The van der Waals surface area contributed by atoms with Crippen molar-refractivity contribution in [3.05, 3.63) is 43.0 Å². The molecule has 0 bridgehead atoms. The van der Waals surface area contributed by atoms with Gasteiger partial charge in [-0.05, 0) is 62.2 Å². The highest BCUT2D eigenvalue weighted by Gasteiger charge is 2.20. The Bertz CT molecular complexity index is 779. The van der Waals surface area contributed by atoms with Gasteiger partial charge in [0.05, 0.1) is 11.0 Å². The number of benzene rings is 2. The van der Waals surface area contributed by atoms with Crippen molar-refractivity contribution in [3.63, 3.8) is 0 Å². The van der Waals surface area contributed by atoms with Crippen LogP contribution < -0.4 is 0 Å². The van der Waals surface area contributed by atoms with E-state index in [4.69, 9.17) is 0 Å². The number of rotatable bonds is 0. The van der Waals surface area contributed by atoms with E-state index in [1.54, 1.807) is 0 Å². The van der Waals surface area contributed by atoms with Crippen LogP contribution in [0.3, 0.4) is 0 Å². The highest BCUT2D eigenvalue weighted by atomic mass is 127. The average Bonchev–Trinajstić information content (AvgIpc) is 2.69. The van der Waals surface area contributed by atoms with Crippen molar-refractivity contribution in [3.8, 4) is 0 Å². The quantitative estimate of drug-likeness (QED) is 0.394. The number of H-pyrrole nitrogens is 1. The summed E-state index contributed by atoms with van der Waals surface area (Å²) in [6, 6.07) is 11.0. The molecule has 0 spiro atoms. The van der Waals surface area contributed by atoms with Gasteiger partial charge in [0.25, 0.3) is 0 Å². The molecule has 0 atom stereocenters. The molecule has 1 heterocycles. The minimum atomic E-state index is 0.176. The largest absolute Gasteiger partial charge is 0.353 e. The number of aromatic nitrogens is 1. The summed E-state index contributed by atoms with van der Waals surface area (Å²) >= 11 is 4.87. The fourth-order valence-electron chi connectivity index (χ4n) is 2.50. The lowest BCUT2D eigenvalue weighted by atomic mass is 9.86. The zero-order valence-corrected chi connectivity index (χ0v) is 15.5. The summed E-state index contributed by atoms with van der Waals surface area (Å²) in [6.45, 7) is 6.80. The smallest absolute Gasteiger partial charge is 0.0603 e. The monoisotopic (exact) mass is 475 g/mol. The van der Waals surface area contributed by atoms with Gasteiger partial charge in [0.1, 0.15) is 0 Å².